The van der Waals surface area contributed by atoms with Crippen molar-refractivity contribution in [3.8, 4) is 0 Å². The number of unbranched alkanes of at least 4 members (excludes halogenated alkanes) is 3. The van der Waals surface area contributed by atoms with Crippen molar-refractivity contribution in [3.63, 3.8) is 0 Å². The lowest BCUT2D eigenvalue weighted by Crippen LogP contribution is -2.30. The first-order valence-electron chi connectivity index (χ1n) is 8.84. The fourth-order valence-electron chi connectivity index (χ4n) is 3.08. The fraction of sp³-hybridized carbons (Fsp3) is 0.450. The fourth-order valence-corrected chi connectivity index (χ4v) is 4.29. The molecule has 1 aromatic carbocycles. The van der Waals surface area contributed by atoms with E-state index in [0.29, 0.717) is 0 Å². The van der Waals surface area contributed by atoms with Crippen molar-refractivity contribution < 1.29 is 9.21 Å². The molecule has 4 heteroatoms. The molecule has 1 saturated heterocycles. The molecule has 1 aliphatic heterocycles. The minimum Gasteiger partial charge on any atom is -0.466 e. The van der Waals surface area contributed by atoms with E-state index in [4.69, 9.17) is 4.42 Å². The third-order valence-corrected chi connectivity index (χ3v) is 5.68. The Morgan fingerprint density at radius 1 is 1.21 bits per heavy atom. The Labute approximate surface area is 148 Å². The van der Waals surface area contributed by atoms with Crippen molar-refractivity contribution in [3.05, 3.63) is 59.5 Å². The number of furan rings is 1. The van der Waals surface area contributed by atoms with E-state index in [-0.39, 0.29) is 11.3 Å². The van der Waals surface area contributed by atoms with Gasteiger partial charge in [0.25, 0.3) is 5.91 Å². The van der Waals surface area contributed by atoms with Crippen LogP contribution in [0.4, 0.5) is 0 Å². The molecule has 0 N–H and O–H groups in total. The van der Waals surface area contributed by atoms with Crippen molar-refractivity contribution in [2.24, 2.45) is 0 Å². The smallest absolute Gasteiger partial charge is 0.255 e. The van der Waals surface area contributed by atoms with Gasteiger partial charge < -0.3 is 9.32 Å². The number of rotatable bonds is 7. The first-order valence-corrected chi connectivity index (χ1v) is 9.89. The zero-order valence-electron chi connectivity index (χ0n) is 14.2. The van der Waals surface area contributed by atoms with Gasteiger partial charge in [-0.25, -0.2) is 0 Å². The second-order valence-corrected chi connectivity index (χ2v) is 7.43. The Bertz CT molecular complexity index is 636. The lowest BCUT2D eigenvalue weighted by Gasteiger charge is -2.22. The summed E-state index contributed by atoms with van der Waals surface area (Å²) < 4.78 is 5.50. The molecule has 0 aliphatic carbocycles. The Morgan fingerprint density at radius 2 is 2.04 bits per heavy atom. The highest BCUT2D eigenvalue weighted by Gasteiger charge is 2.32. The third kappa shape index (κ3) is 4.04. The van der Waals surface area contributed by atoms with Gasteiger partial charge in [0, 0.05) is 17.9 Å². The predicted octanol–water partition coefficient (Wildman–Crippen LogP) is 5.29. The number of hydrogen-bond acceptors (Lipinski definition) is 3. The standard InChI is InChI=1S/C20H25NO2S/c1-2-3-4-5-7-16-9-11-17(12-10-16)19(22)21-13-15-24-20(21)18-8-6-14-23-18/h6,8-12,14,20H,2-5,7,13,15H2,1H3/t20-/m1/s1. The summed E-state index contributed by atoms with van der Waals surface area (Å²) in [6.45, 7) is 3.00. The Balaban J connectivity index is 1.62. The van der Waals surface area contributed by atoms with Gasteiger partial charge in [-0.3, -0.25) is 4.79 Å². The summed E-state index contributed by atoms with van der Waals surface area (Å²) in [6, 6.07) is 12.0. The lowest BCUT2D eigenvalue weighted by molar-refractivity contribution is 0.0749. The van der Waals surface area contributed by atoms with E-state index in [1.54, 1.807) is 18.0 Å². The zero-order valence-corrected chi connectivity index (χ0v) is 15.1. The Kier molecular flexibility index (Phi) is 6.02. The predicted molar refractivity (Wildman–Crippen MR) is 99.2 cm³/mol. The topological polar surface area (TPSA) is 33.5 Å². The van der Waals surface area contributed by atoms with E-state index in [1.807, 2.05) is 29.2 Å². The normalized spacial score (nSPS) is 17.4. The molecule has 0 spiro atoms. The van der Waals surface area contributed by atoms with Crippen LogP contribution in [0.1, 0.15) is 59.7 Å². The van der Waals surface area contributed by atoms with E-state index in [0.717, 1.165) is 30.0 Å². The molecule has 1 atom stereocenters. The van der Waals surface area contributed by atoms with Gasteiger partial charge in [-0.2, -0.15) is 0 Å². The summed E-state index contributed by atoms with van der Waals surface area (Å²) in [5.41, 5.74) is 2.09. The summed E-state index contributed by atoms with van der Waals surface area (Å²) in [7, 11) is 0. The van der Waals surface area contributed by atoms with Crippen LogP contribution in [-0.4, -0.2) is 23.1 Å². The van der Waals surface area contributed by atoms with Crippen LogP contribution < -0.4 is 0 Å². The largest absolute Gasteiger partial charge is 0.466 e. The quantitative estimate of drug-likeness (QED) is 0.640. The first kappa shape index (κ1) is 17.2. The van der Waals surface area contributed by atoms with Crippen molar-refractivity contribution >= 4 is 17.7 Å². The summed E-state index contributed by atoms with van der Waals surface area (Å²) >= 11 is 1.76. The van der Waals surface area contributed by atoms with Gasteiger partial charge in [-0.1, -0.05) is 38.3 Å². The molecule has 128 valence electrons. The number of hydrogen-bond donors (Lipinski definition) is 0. The molecule has 1 aliphatic rings. The van der Waals surface area contributed by atoms with E-state index >= 15 is 0 Å². The molecule has 1 amide bonds. The minimum atomic E-state index is 0.00113. The average molecular weight is 343 g/mol. The molecule has 0 saturated carbocycles. The highest BCUT2D eigenvalue weighted by Crippen LogP contribution is 2.38. The number of carbonyl (C=O) groups is 1. The van der Waals surface area contributed by atoms with Gasteiger partial charge in [-0.05, 0) is 42.7 Å². The molecule has 0 unspecified atom stereocenters. The van der Waals surface area contributed by atoms with E-state index < -0.39 is 0 Å². The number of aryl methyl sites for hydroxylation is 1. The first-order chi connectivity index (χ1) is 11.8. The lowest BCUT2D eigenvalue weighted by atomic mass is 10.0. The second kappa shape index (κ2) is 8.43. The molecule has 3 nitrogen and oxygen atoms in total. The van der Waals surface area contributed by atoms with Crippen molar-refractivity contribution in [2.45, 2.75) is 44.4 Å². The zero-order chi connectivity index (χ0) is 16.8. The van der Waals surface area contributed by atoms with Crippen LogP contribution in [0.5, 0.6) is 0 Å². The van der Waals surface area contributed by atoms with Gasteiger partial charge in [0.15, 0.2) is 0 Å². The van der Waals surface area contributed by atoms with Crippen LogP contribution in [-0.2, 0) is 6.42 Å². The molecule has 1 aromatic heterocycles. The summed E-state index contributed by atoms with van der Waals surface area (Å²) in [4.78, 5) is 14.8. The molecule has 3 rings (SSSR count). The van der Waals surface area contributed by atoms with Gasteiger partial charge in [-0.15, -0.1) is 11.8 Å². The van der Waals surface area contributed by atoms with E-state index in [1.165, 1.54) is 31.2 Å². The molecule has 2 aromatic rings. The van der Waals surface area contributed by atoms with Gasteiger partial charge in [0.2, 0.25) is 0 Å². The van der Waals surface area contributed by atoms with Crippen molar-refractivity contribution in [1.29, 1.82) is 0 Å². The molecular weight excluding hydrogens is 318 g/mol. The molecule has 24 heavy (non-hydrogen) atoms. The molecule has 0 radical (unpaired) electrons. The maximum absolute atomic E-state index is 12.8. The number of benzene rings is 1. The van der Waals surface area contributed by atoms with Crippen LogP contribution in [0.25, 0.3) is 0 Å². The molecular formula is C20H25NO2S. The van der Waals surface area contributed by atoms with Crippen LogP contribution in [0.15, 0.2) is 47.1 Å². The van der Waals surface area contributed by atoms with Gasteiger partial charge in [0.1, 0.15) is 11.1 Å². The summed E-state index contributed by atoms with van der Waals surface area (Å²) in [5.74, 6) is 1.91. The number of amides is 1. The van der Waals surface area contributed by atoms with Gasteiger partial charge in [0.05, 0.1) is 6.26 Å². The molecule has 0 bridgehead atoms. The third-order valence-electron chi connectivity index (χ3n) is 4.46. The monoisotopic (exact) mass is 343 g/mol. The number of nitrogens with zero attached hydrogens (tertiary/aromatic N) is 1. The Morgan fingerprint density at radius 3 is 2.75 bits per heavy atom. The van der Waals surface area contributed by atoms with E-state index in [9.17, 15) is 4.79 Å². The molecule has 1 fully saturated rings. The minimum absolute atomic E-state index is 0.00113. The number of thioether (sulfide) groups is 1. The van der Waals surface area contributed by atoms with Crippen LogP contribution in [0, 0.1) is 0 Å². The molecule has 2 heterocycles. The van der Waals surface area contributed by atoms with Crippen LogP contribution >= 0.6 is 11.8 Å². The maximum Gasteiger partial charge on any atom is 0.255 e. The van der Waals surface area contributed by atoms with Crippen molar-refractivity contribution in [2.75, 3.05) is 12.3 Å². The van der Waals surface area contributed by atoms with Crippen molar-refractivity contribution in [1.82, 2.24) is 4.90 Å². The van der Waals surface area contributed by atoms with Crippen LogP contribution in [0.3, 0.4) is 0 Å². The number of carbonyl (C=O) groups excluding carboxylic acids is 1. The highest BCUT2D eigenvalue weighted by atomic mass is 32.2. The van der Waals surface area contributed by atoms with Crippen LogP contribution in [0.2, 0.25) is 0 Å². The summed E-state index contributed by atoms with van der Waals surface area (Å²) in [5, 5.41) is 0.00113. The van der Waals surface area contributed by atoms with Gasteiger partial charge >= 0.3 is 0 Å². The van der Waals surface area contributed by atoms with E-state index in [2.05, 4.69) is 19.1 Å². The Hall–Kier alpha value is -1.68. The second-order valence-electron chi connectivity index (χ2n) is 6.24. The SMILES string of the molecule is CCCCCCc1ccc(C(=O)N2CCS[C@@H]2c2ccco2)cc1. The maximum atomic E-state index is 12.8. The summed E-state index contributed by atoms with van der Waals surface area (Å²) in [6.07, 6.45) is 7.85. The highest BCUT2D eigenvalue weighted by molar-refractivity contribution is 7.99. The average Bonchev–Trinajstić information content (AvgIpc) is 3.29.